The number of benzene rings is 2. The van der Waals surface area contributed by atoms with E-state index in [9.17, 15) is 0 Å². The minimum atomic E-state index is -0.165. The molecule has 0 spiro atoms. The quantitative estimate of drug-likeness (QED) is 0.429. The number of rotatable bonds is 11. The van der Waals surface area contributed by atoms with E-state index in [0.717, 1.165) is 24.3 Å². The number of aliphatic hydroxyl groups is 1. The third-order valence-corrected chi connectivity index (χ3v) is 6.58. The molecule has 0 heterocycles. The van der Waals surface area contributed by atoms with Crippen LogP contribution in [0.3, 0.4) is 0 Å². The Balaban J connectivity index is 1.70. The summed E-state index contributed by atoms with van der Waals surface area (Å²) in [6.45, 7) is 3.19. The van der Waals surface area contributed by atoms with Gasteiger partial charge in [0.2, 0.25) is 0 Å². The van der Waals surface area contributed by atoms with Gasteiger partial charge in [0.05, 0.1) is 0 Å². The first-order valence-electron chi connectivity index (χ1n) is 8.89. The normalized spacial score (nSPS) is 10.9. The molecule has 132 valence electrons. The fourth-order valence-corrected chi connectivity index (χ4v) is 4.60. The molecule has 0 saturated carbocycles. The van der Waals surface area contributed by atoms with E-state index in [-0.39, 0.29) is 27.8 Å². The van der Waals surface area contributed by atoms with Gasteiger partial charge in [-0.05, 0) is 0 Å². The molecule has 0 radical (unpaired) electrons. The molecule has 0 fully saturated rings. The van der Waals surface area contributed by atoms with Crippen LogP contribution in [0.25, 0.3) is 0 Å². The number of unbranched alkanes of at least 4 members (excludes halogenated alkanes) is 5. The van der Waals surface area contributed by atoms with Crippen LogP contribution in [0.5, 0.6) is 5.75 Å². The predicted molar refractivity (Wildman–Crippen MR) is 95.1 cm³/mol. The molecule has 2 nitrogen and oxygen atoms in total. The Morgan fingerprint density at radius 2 is 1.38 bits per heavy atom. The topological polar surface area (TPSA) is 29.5 Å². The minimum absolute atomic E-state index is 0.114. The second-order valence-corrected chi connectivity index (χ2v) is 8.98. The van der Waals surface area contributed by atoms with Crippen molar-refractivity contribution in [2.75, 3.05) is 6.61 Å². The maximum absolute atomic E-state index is 9.09. The van der Waals surface area contributed by atoms with Crippen molar-refractivity contribution in [1.82, 2.24) is 0 Å². The van der Waals surface area contributed by atoms with E-state index in [1.54, 1.807) is 0 Å². The zero-order valence-electron chi connectivity index (χ0n) is 14.5. The van der Waals surface area contributed by atoms with Crippen molar-refractivity contribution < 1.29 is 31.0 Å². The van der Waals surface area contributed by atoms with Crippen LogP contribution in [0.1, 0.15) is 51.0 Å². The summed E-state index contributed by atoms with van der Waals surface area (Å²) in [5.41, 5.74) is 0.973. The first-order chi connectivity index (χ1) is 11.8. The van der Waals surface area contributed by atoms with Crippen molar-refractivity contribution in [3.63, 3.8) is 0 Å². The molecule has 0 unspecified atom stereocenters. The van der Waals surface area contributed by atoms with Gasteiger partial charge in [0, 0.05) is 0 Å². The fraction of sp³-hybridized carbons (Fsp3) is 0.429. The SMILES string of the molecule is CCCCCCCCOc1ccc([I-]c2ccc(CO)cc2)cc1. The molecule has 0 aliphatic carbocycles. The van der Waals surface area contributed by atoms with Gasteiger partial charge in [0.25, 0.3) is 0 Å². The van der Waals surface area contributed by atoms with E-state index in [4.69, 9.17) is 9.84 Å². The summed E-state index contributed by atoms with van der Waals surface area (Å²) in [7, 11) is 0. The van der Waals surface area contributed by atoms with Gasteiger partial charge in [-0.1, -0.05) is 6.92 Å². The van der Waals surface area contributed by atoms with E-state index in [0.29, 0.717) is 0 Å². The molecule has 2 aromatic rings. The van der Waals surface area contributed by atoms with E-state index < -0.39 is 0 Å². The summed E-state index contributed by atoms with van der Waals surface area (Å²) < 4.78 is 8.59. The Morgan fingerprint density at radius 3 is 2.00 bits per heavy atom. The van der Waals surface area contributed by atoms with Crippen LogP contribution in [0.2, 0.25) is 0 Å². The van der Waals surface area contributed by atoms with Gasteiger partial charge in [0.1, 0.15) is 0 Å². The molecule has 0 aliphatic rings. The molecule has 0 bridgehead atoms. The number of ether oxygens (including phenoxy) is 1. The molecule has 2 rings (SSSR count). The van der Waals surface area contributed by atoms with Gasteiger partial charge < -0.3 is 0 Å². The predicted octanol–water partition coefficient (Wildman–Crippen LogP) is 2.05. The molecule has 24 heavy (non-hydrogen) atoms. The summed E-state index contributed by atoms with van der Waals surface area (Å²) in [5, 5.41) is 9.09. The maximum atomic E-state index is 9.09. The summed E-state index contributed by atoms with van der Waals surface area (Å²) in [6, 6.07) is 16.8. The van der Waals surface area contributed by atoms with E-state index in [1.807, 2.05) is 12.1 Å². The summed E-state index contributed by atoms with van der Waals surface area (Å²) in [6.07, 6.45) is 7.76. The molecule has 0 aromatic heterocycles. The summed E-state index contributed by atoms with van der Waals surface area (Å²) >= 11 is -0.165. The van der Waals surface area contributed by atoms with Crippen molar-refractivity contribution in [3.8, 4) is 5.75 Å². The van der Waals surface area contributed by atoms with Crippen LogP contribution < -0.4 is 25.9 Å². The third-order valence-electron chi connectivity index (χ3n) is 3.89. The molecule has 1 N–H and O–H groups in total. The Kier molecular flexibility index (Phi) is 9.21. The van der Waals surface area contributed by atoms with Crippen molar-refractivity contribution in [1.29, 1.82) is 0 Å². The van der Waals surface area contributed by atoms with Gasteiger partial charge in [-0.2, -0.15) is 0 Å². The number of hydrogen-bond donors (Lipinski definition) is 1. The second kappa shape index (κ2) is 11.5. The van der Waals surface area contributed by atoms with E-state index >= 15 is 0 Å². The van der Waals surface area contributed by atoms with Gasteiger partial charge in [-0.25, -0.2) is 0 Å². The average molecular weight is 439 g/mol. The Labute approximate surface area is 156 Å². The molecular formula is C21H28IO2-. The van der Waals surface area contributed by atoms with Crippen molar-refractivity contribution in [3.05, 3.63) is 61.2 Å². The van der Waals surface area contributed by atoms with Crippen molar-refractivity contribution in [2.24, 2.45) is 0 Å². The summed E-state index contributed by atoms with van der Waals surface area (Å²) in [5.74, 6) is 0.979. The van der Waals surface area contributed by atoms with Crippen LogP contribution in [0, 0.1) is 7.14 Å². The number of hydrogen-bond acceptors (Lipinski definition) is 2. The molecule has 0 atom stereocenters. The van der Waals surface area contributed by atoms with Crippen molar-refractivity contribution in [2.45, 2.75) is 52.1 Å². The fourth-order valence-electron chi connectivity index (χ4n) is 2.45. The molecule has 3 heteroatoms. The van der Waals surface area contributed by atoms with Crippen LogP contribution in [0.4, 0.5) is 0 Å². The van der Waals surface area contributed by atoms with Gasteiger partial charge in [-0.3, -0.25) is 0 Å². The monoisotopic (exact) mass is 439 g/mol. The van der Waals surface area contributed by atoms with Crippen LogP contribution in [0.15, 0.2) is 48.5 Å². The first kappa shape index (κ1) is 19.3. The van der Waals surface area contributed by atoms with Crippen LogP contribution >= 0.6 is 0 Å². The second-order valence-electron chi connectivity index (χ2n) is 5.95. The third kappa shape index (κ3) is 7.22. The molecule has 0 amide bonds. The van der Waals surface area contributed by atoms with Gasteiger partial charge in [0.15, 0.2) is 0 Å². The van der Waals surface area contributed by atoms with Crippen LogP contribution in [-0.2, 0) is 6.61 Å². The molecule has 2 aromatic carbocycles. The zero-order valence-corrected chi connectivity index (χ0v) is 16.7. The average Bonchev–Trinajstić information content (AvgIpc) is 2.63. The van der Waals surface area contributed by atoms with E-state index in [2.05, 4.69) is 43.3 Å². The van der Waals surface area contributed by atoms with Crippen molar-refractivity contribution >= 4 is 0 Å². The summed E-state index contributed by atoms with van der Waals surface area (Å²) in [4.78, 5) is 0. The standard InChI is InChI=1S/C21H28IO2/c1-2-3-4-5-6-7-16-24-21-14-12-20(13-15-21)22-19-10-8-18(17-23)9-11-19/h8-15,23H,2-7,16-17H2,1H3/q-1. The van der Waals surface area contributed by atoms with E-state index in [1.165, 1.54) is 39.2 Å². The van der Waals surface area contributed by atoms with Gasteiger partial charge in [-0.15, -0.1) is 0 Å². The Bertz CT molecular complexity index is 563. The molecular weight excluding hydrogens is 411 g/mol. The number of aliphatic hydroxyl groups excluding tert-OH is 1. The Morgan fingerprint density at radius 1 is 0.792 bits per heavy atom. The zero-order chi connectivity index (χ0) is 17.0. The Hall–Kier alpha value is -1.07. The number of halogens is 1. The first-order valence-corrected chi connectivity index (χ1v) is 11.0. The van der Waals surface area contributed by atoms with Gasteiger partial charge >= 0.3 is 150 Å². The van der Waals surface area contributed by atoms with Crippen LogP contribution in [-0.4, -0.2) is 11.7 Å². The molecule has 0 saturated heterocycles. The molecule has 0 aliphatic heterocycles.